The van der Waals surface area contributed by atoms with E-state index in [9.17, 15) is 9.59 Å². The minimum absolute atomic E-state index is 0.245. The highest BCUT2D eigenvalue weighted by Crippen LogP contribution is 2.31. The predicted molar refractivity (Wildman–Crippen MR) is 211 cm³/mol. The number of rotatable bonds is 8. The molecule has 0 bridgehead atoms. The van der Waals surface area contributed by atoms with Crippen molar-refractivity contribution in [3.05, 3.63) is 108 Å². The van der Waals surface area contributed by atoms with E-state index in [4.69, 9.17) is 39.6 Å². The Hall–Kier alpha value is -6.56. The first kappa shape index (κ1) is 36.7. The average molecular weight is 697 g/mol. The molecular formula is C40H40N8O4. The largest absolute Gasteiger partial charge is 0.462 e. The van der Waals surface area contributed by atoms with E-state index in [-0.39, 0.29) is 13.2 Å². The van der Waals surface area contributed by atoms with Crippen molar-refractivity contribution in [3.63, 3.8) is 0 Å². The van der Waals surface area contributed by atoms with Gasteiger partial charge >= 0.3 is 11.9 Å². The van der Waals surface area contributed by atoms with Gasteiger partial charge in [0.05, 0.1) is 81.3 Å². The Bertz CT molecular complexity index is 1930. The number of ether oxygens (including phenoxy) is 2. The SMILES string of the molecule is CCOC(=O)c1ccccc1NN=C1C(C)=Nc2ccccc2N=C(C)C(=NNc2ccccc2C(=O)OCC)C(C)=Nc2ccccc2N=C1C. The summed E-state index contributed by atoms with van der Waals surface area (Å²) in [5, 5.41) is 9.45. The lowest BCUT2D eigenvalue weighted by molar-refractivity contribution is 0.0518. The molecule has 1 aliphatic heterocycles. The van der Waals surface area contributed by atoms with Crippen LogP contribution in [0.15, 0.2) is 127 Å². The summed E-state index contributed by atoms with van der Waals surface area (Å²) in [4.78, 5) is 45.2. The molecule has 264 valence electrons. The Kier molecular flexibility index (Phi) is 12.3. The second-order valence-corrected chi connectivity index (χ2v) is 11.4. The maximum Gasteiger partial charge on any atom is 0.340 e. The third-order valence-electron chi connectivity index (χ3n) is 7.71. The highest BCUT2D eigenvalue weighted by atomic mass is 16.5. The summed E-state index contributed by atoms with van der Waals surface area (Å²) in [6.45, 7) is 11.3. The molecule has 1 aliphatic rings. The molecule has 12 nitrogen and oxygen atoms in total. The smallest absolute Gasteiger partial charge is 0.340 e. The summed E-state index contributed by atoms with van der Waals surface area (Å²) in [6, 6.07) is 28.9. The molecule has 0 fully saturated rings. The summed E-state index contributed by atoms with van der Waals surface area (Å²) in [5.41, 5.74) is 13.2. The number of carbonyl (C=O) groups excluding carboxylic acids is 2. The lowest BCUT2D eigenvalue weighted by atomic mass is 10.1. The Morgan fingerprint density at radius 2 is 0.788 bits per heavy atom. The van der Waals surface area contributed by atoms with Gasteiger partial charge in [0.15, 0.2) is 0 Å². The summed E-state index contributed by atoms with van der Waals surface area (Å²) in [7, 11) is 0. The van der Waals surface area contributed by atoms with E-state index < -0.39 is 11.9 Å². The van der Waals surface area contributed by atoms with Gasteiger partial charge in [-0.05, 0) is 90.1 Å². The molecule has 2 N–H and O–H groups in total. The number of fused-ring (bicyclic) bond motifs is 2. The van der Waals surface area contributed by atoms with Gasteiger partial charge in [-0.1, -0.05) is 48.5 Å². The molecule has 4 aromatic carbocycles. The van der Waals surface area contributed by atoms with Gasteiger partial charge in [-0.3, -0.25) is 10.9 Å². The zero-order valence-corrected chi connectivity index (χ0v) is 30.0. The van der Waals surface area contributed by atoms with Crippen LogP contribution in [0.25, 0.3) is 0 Å². The van der Waals surface area contributed by atoms with E-state index in [1.54, 1.807) is 62.4 Å². The zero-order chi connectivity index (χ0) is 37.0. The molecule has 4 aromatic rings. The van der Waals surface area contributed by atoms with Gasteiger partial charge in [-0.15, -0.1) is 0 Å². The molecule has 5 rings (SSSR count). The van der Waals surface area contributed by atoms with Crippen molar-refractivity contribution < 1.29 is 19.1 Å². The van der Waals surface area contributed by atoms with Crippen LogP contribution in [0, 0.1) is 0 Å². The van der Waals surface area contributed by atoms with Crippen LogP contribution in [0.5, 0.6) is 0 Å². The molecule has 0 aliphatic carbocycles. The molecule has 0 spiro atoms. The second-order valence-electron chi connectivity index (χ2n) is 11.4. The number of benzene rings is 4. The molecule has 0 unspecified atom stereocenters. The molecular weight excluding hydrogens is 656 g/mol. The van der Waals surface area contributed by atoms with E-state index in [0.717, 1.165) is 0 Å². The summed E-state index contributed by atoms with van der Waals surface area (Å²) in [5.74, 6) is -0.920. The van der Waals surface area contributed by atoms with Gasteiger partial charge in [-0.2, -0.15) is 10.2 Å². The Morgan fingerprint density at radius 3 is 1.10 bits per heavy atom. The van der Waals surface area contributed by atoms with E-state index in [1.807, 2.05) is 76.2 Å². The van der Waals surface area contributed by atoms with Crippen LogP contribution >= 0.6 is 0 Å². The van der Waals surface area contributed by atoms with E-state index >= 15 is 0 Å². The first-order chi connectivity index (χ1) is 25.2. The van der Waals surface area contributed by atoms with Gasteiger partial charge in [0.25, 0.3) is 0 Å². The van der Waals surface area contributed by atoms with Crippen LogP contribution in [0.1, 0.15) is 62.3 Å². The van der Waals surface area contributed by atoms with E-state index in [1.165, 1.54) is 0 Å². The zero-order valence-electron chi connectivity index (χ0n) is 30.0. The second kappa shape index (κ2) is 17.4. The number of carbonyl (C=O) groups is 2. The normalized spacial score (nSPS) is 13.1. The maximum absolute atomic E-state index is 12.7. The van der Waals surface area contributed by atoms with Crippen LogP contribution in [0.3, 0.4) is 0 Å². The van der Waals surface area contributed by atoms with Crippen molar-refractivity contribution in [2.75, 3.05) is 24.1 Å². The fraction of sp³-hybridized carbons (Fsp3) is 0.200. The first-order valence-corrected chi connectivity index (χ1v) is 16.8. The third-order valence-corrected chi connectivity index (χ3v) is 7.71. The van der Waals surface area contributed by atoms with Gasteiger partial charge < -0.3 is 9.47 Å². The number of aliphatic imine (C=N–C) groups is 4. The maximum atomic E-state index is 12.7. The molecule has 0 radical (unpaired) electrons. The highest BCUT2D eigenvalue weighted by Gasteiger charge is 2.18. The molecule has 0 aromatic heterocycles. The quantitative estimate of drug-likeness (QED) is 0.139. The van der Waals surface area contributed by atoms with Gasteiger partial charge in [0.2, 0.25) is 0 Å². The molecule has 0 saturated carbocycles. The lowest BCUT2D eigenvalue weighted by Crippen LogP contribution is -2.22. The fourth-order valence-electron chi connectivity index (χ4n) is 5.26. The van der Waals surface area contributed by atoms with Gasteiger partial charge in [0, 0.05) is 0 Å². The Labute approximate surface area is 302 Å². The van der Waals surface area contributed by atoms with Crippen molar-refractivity contribution in [2.24, 2.45) is 30.2 Å². The number of anilines is 2. The number of hydrazone groups is 2. The Balaban J connectivity index is 1.66. The number of para-hydroxylation sites is 6. The molecule has 1 heterocycles. The van der Waals surface area contributed by atoms with Gasteiger partial charge in [0.1, 0.15) is 11.4 Å². The minimum atomic E-state index is -0.460. The summed E-state index contributed by atoms with van der Waals surface area (Å²) < 4.78 is 10.5. The van der Waals surface area contributed by atoms with Gasteiger partial charge in [-0.25, -0.2) is 29.6 Å². The van der Waals surface area contributed by atoms with E-state index in [2.05, 4.69) is 10.9 Å². The number of nitrogens with one attached hydrogen (secondary N) is 2. The lowest BCUT2D eigenvalue weighted by Gasteiger charge is -2.13. The third kappa shape index (κ3) is 8.96. The fourth-order valence-corrected chi connectivity index (χ4v) is 5.26. The van der Waals surface area contributed by atoms with E-state index in [0.29, 0.717) is 79.5 Å². The van der Waals surface area contributed by atoms with Crippen LogP contribution in [0.4, 0.5) is 34.1 Å². The van der Waals surface area contributed by atoms with Crippen LogP contribution in [-0.2, 0) is 9.47 Å². The predicted octanol–water partition coefficient (Wildman–Crippen LogP) is 9.06. The molecule has 0 saturated heterocycles. The van der Waals surface area contributed by atoms with Crippen LogP contribution in [0.2, 0.25) is 0 Å². The van der Waals surface area contributed by atoms with Crippen molar-refractivity contribution >= 4 is 80.3 Å². The average Bonchev–Trinajstić information content (AvgIpc) is 3.13. The molecule has 0 atom stereocenters. The van der Waals surface area contributed by atoms with Crippen molar-refractivity contribution in [2.45, 2.75) is 41.5 Å². The molecule has 12 heteroatoms. The number of hydrogen-bond acceptors (Lipinski definition) is 12. The minimum Gasteiger partial charge on any atom is -0.462 e. The number of esters is 2. The highest BCUT2D eigenvalue weighted by molar-refractivity contribution is 6.69. The van der Waals surface area contributed by atoms with Crippen molar-refractivity contribution in [1.82, 2.24) is 0 Å². The molecule has 52 heavy (non-hydrogen) atoms. The van der Waals surface area contributed by atoms with Crippen molar-refractivity contribution in [1.29, 1.82) is 0 Å². The Morgan fingerprint density at radius 1 is 0.500 bits per heavy atom. The van der Waals surface area contributed by atoms with Crippen LogP contribution < -0.4 is 10.9 Å². The number of hydrogen-bond donors (Lipinski definition) is 2. The number of nitrogens with zero attached hydrogens (tertiary/aromatic N) is 6. The molecule has 0 amide bonds. The van der Waals surface area contributed by atoms with Crippen molar-refractivity contribution in [3.8, 4) is 0 Å². The standard InChI is InChI=1S/C40H40N8O4/c1-7-51-39(49)29-17-9-11-19-31(29)45-47-37-25(3)41-33-21-13-15-23-35(33)43-27(5)38(28(6)44-36-24-16-14-22-34(36)42-26(37)4)48-46-32-20-12-10-18-30(32)40(50)52-8-2/h9-24,45-46H,7-8H2,1-6H3. The summed E-state index contributed by atoms with van der Waals surface area (Å²) in [6.07, 6.45) is 0. The first-order valence-electron chi connectivity index (χ1n) is 16.8. The monoisotopic (exact) mass is 696 g/mol. The van der Waals surface area contributed by atoms with Crippen LogP contribution in [-0.4, -0.2) is 59.4 Å². The summed E-state index contributed by atoms with van der Waals surface area (Å²) >= 11 is 0. The topological polar surface area (TPSA) is 151 Å².